The van der Waals surface area contributed by atoms with Gasteiger partial charge in [-0.3, -0.25) is 0 Å². The number of benzene rings is 1. The van der Waals surface area contributed by atoms with Crippen molar-refractivity contribution in [2.75, 3.05) is 0 Å². The lowest BCUT2D eigenvalue weighted by atomic mass is 10.3. The van der Waals surface area contributed by atoms with Crippen molar-refractivity contribution in [2.24, 2.45) is 0 Å². The lowest BCUT2D eigenvalue weighted by molar-refractivity contribution is 0.292. The Labute approximate surface area is 113 Å². The molecule has 0 radical (unpaired) electrons. The number of hydrogen-bond acceptors (Lipinski definition) is 6. The Kier molecular flexibility index (Phi) is 3.42. The standard InChI is InChI=1S/C13H10N4OS/c1-2-5-10(6-3-1)18-9-12-14-16-13(17-15-12)11-7-4-8-19-11/h1-8H,9H2. The molecule has 0 unspecified atom stereocenters. The maximum absolute atomic E-state index is 5.52. The fourth-order valence-electron chi connectivity index (χ4n) is 1.48. The van der Waals surface area contributed by atoms with Gasteiger partial charge in [0.05, 0.1) is 4.88 Å². The Morgan fingerprint density at radius 2 is 1.68 bits per heavy atom. The molecule has 0 spiro atoms. The van der Waals surface area contributed by atoms with Gasteiger partial charge in [0, 0.05) is 0 Å². The second-order valence-electron chi connectivity index (χ2n) is 3.72. The molecule has 0 aliphatic heterocycles. The number of para-hydroxylation sites is 1. The summed E-state index contributed by atoms with van der Waals surface area (Å²) >= 11 is 1.56. The molecular formula is C13H10N4OS. The maximum Gasteiger partial charge on any atom is 0.213 e. The highest BCUT2D eigenvalue weighted by molar-refractivity contribution is 7.13. The largest absolute Gasteiger partial charge is 0.485 e. The Bertz CT molecular complexity index is 626. The summed E-state index contributed by atoms with van der Waals surface area (Å²) in [5.41, 5.74) is 0. The van der Waals surface area contributed by atoms with Crippen molar-refractivity contribution in [2.45, 2.75) is 6.61 Å². The molecule has 0 N–H and O–H groups in total. The summed E-state index contributed by atoms with van der Waals surface area (Å²) in [7, 11) is 0. The van der Waals surface area contributed by atoms with Gasteiger partial charge in [-0.05, 0) is 23.6 Å². The van der Waals surface area contributed by atoms with Crippen LogP contribution >= 0.6 is 11.3 Å². The van der Waals surface area contributed by atoms with Crippen LogP contribution in [0.25, 0.3) is 10.7 Å². The number of aromatic nitrogens is 4. The molecule has 19 heavy (non-hydrogen) atoms. The SMILES string of the molecule is c1ccc(OCc2nnc(-c3cccs3)nn2)cc1. The van der Waals surface area contributed by atoms with E-state index in [0.717, 1.165) is 10.6 Å². The number of nitrogens with zero attached hydrogens (tertiary/aromatic N) is 4. The maximum atomic E-state index is 5.52. The quantitative estimate of drug-likeness (QED) is 0.729. The summed E-state index contributed by atoms with van der Waals surface area (Å²) in [6.07, 6.45) is 0. The van der Waals surface area contributed by atoms with Crippen molar-refractivity contribution < 1.29 is 4.74 Å². The van der Waals surface area contributed by atoms with Crippen LogP contribution in [0.5, 0.6) is 5.75 Å². The monoisotopic (exact) mass is 270 g/mol. The fraction of sp³-hybridized carbons (Fsp3) is 0.0769. The van der Waals surface area contributed by atoms with Crippen LogP contribution in [-0.2, 0) is 6.61 Å². The molecule has 0 saturated heterocycles. The highest BCUT2D eigenvalue weighted by Gasteiger charge is 2.05. The van der Waals surface area contributed by atoms with Crippen LogP contribution in [0.4, 0.5) is 0 Å². The third kappa shape index (κ3) is 2.92. The van der Waals surface area contributed by atoms with Crippen molar-refractivity contribution in [3.05, 3.63) is 53.7 Å². The third-order valence-corrected chi connectivity index (χ3v) is 3.24. The van der Waals surface area contributed by atoms with Gasteiger partial charge >= 0.3 is 0 Å². The molecule has 3 rings (SSSR count). The Balaban J connectivity index is 1.67. The predicted octanol–water partition coefficient (Wildman–Crippen LogP) is 2.57. The van der Waals surface area contributed by atoms with Crippen molar-refractivity contribution in [3.63, 3.8) is 0 Å². The van der Waals surface area contributed by atoms with E-state index in [-0.39, 0.29) is 6.61 Å². The lowest BCUT2D eigenvalue weighted by Crippen LogP contribution is -2.05. The second-order valence-corrected chi connectivity index (χ2v) is 4.67. The van der Waals surface area contributed by atoms with Crippen molar-refractivity contribution in [1.82, 2.24) is 20.4 Å². The van der Waals surface area contributed by atoms with Gasteiger partial charge in [-0.25, -0.2) is 0 Å². The van der Waals surface area contributed by atoms with Crippen LogP contribution in [0, 0.1) is 0 Å². The Morgan fingerprint density at radius 1 is 0.895 bits per heavy atom. The second kappa shape index (κ2) is 5.53. The molecule has 0 bridgehead atoms. The van der Waals surface area contributed by atoms with E-state index in [1.54, 1.807) is 11.3 Å². The van der Waals surface area contributed by atoms with Crippen molar-refractivity contribution >= 4 is 11.3 Å². The van der Waals surface area contributed by atoms with Gasteiger partial charge in [-0.1, -0.05) is 24.3 Å². The predicted molar refractivity (Wildman–Crippen MR) is 71.7 cm³/mol. The van der Waals surface area contributed by atoms with Gasteiger partial charge in [-0.2, -0.15) is 0 Å². The van der Waals surface area contributed by atoms with E-state index in [2.05, 4.69) is 20.4 Å². The average molecular weight is 270 g/mol. The van der Waals surface area contributed by atoms with Crippen LogP contribution in [-0.4, -0.2) is 20.4 Å². The van der Waals surface area contributed by atoms with Gasteiger partial charge in [0.1, 0.15) is 5.75 Å². The van der Waals surface area contributed by atoms with Gasteiger partial charge in [0.2, 0.25) is 11.6 Å². The molecule has 6 heteroatoms. The van der Waals surface area contributed by atoms with Gasteiger partial charge in [0.15, 0.2) is 6.61 Å². The topological polar surface area (TPSA) is 60.8 Å². The van der Waals surface area contributed by atoms with Crippen molar-refractivity contribution in [3.8, 4) is 16.5 Å². The minimum atomic E-state index is 0.259. The van der Waals surface area contributed by atoms with Crippen LogP contribution in [0.15, 0.2) is 47.8 Å². The lowest BCUT2D eigenvalue weighted by Gasteiger charge is -2.03. The Morgan fingerprint density at radius 3 is 2.37 bits per heavy atom. The zero-order valence-corrected chi connectivity index (χ0v) is 10.7. The first-order valence-electron chi connectivity index (χ1n) is 5.70. The first-order valence-corrected chi connectivity index (χ1v) is 6.58. The first kappa shape index (κ1) is 11.7. The number of hydrogen-bond donors (Lipinski definition) is 0. The molecule has 3 aromatic rings. The zero-order valence-electron chi connectivity index (χ0n) is 9.93. The van der Waals surface area contributed by atoms with Gasteiger partial charge < -0.3 is 4.74 Å². The summed E-state index contributed by atoms with van der Waals surface area (Å²) in [4.78, 5) is 0.954. The first-order chi connectivity index (χ1) is 9.42. The highest BCUT2D eigenvalue weighted by Crippen LogP contribution is 2.19. The molecule has 5 nitrogen and oxygen atoms in total. The summed E-state index contributed by atoms with van der Waals surface area (Å²) in [5, 5.41) is 18.1. The van der Waals surface area contributed by atoms with Gasteiger partial charge in [0.25, 0.3) is 0 Å². The van der Waals surface area contributed by atoms with Gasteiger partial charge in [-0.15, -0.1) is 31.7 Å². The molecule has 0 amide bonds. The minimum absolute atomic E-state index is 0.259. The molecule has 1 aromatic carbocycles. The number of thiophene rings is 1. The molecule has 0 fully saturated rings. The average Bonchev–Trinajstić information content (AvgIpc) is 3.01. The van der Waals surface area contributed by atoms with E-state index >= 15 is 0 Å². The van der Waals surface area contributed by atoms with E-state index in [1.165, 1.54) is 0 Å². The van der Waals surface area contributed by atoms with E-state index < -0.39 is 0 Å². The molecule has 0 saturated carbocycles. The fourth-order valence-corrected chi connectivity index (χ4v) is 2.12. The van der Waals surface area contributed by atoms with Crippen LogP contribution in [0.2, 0.25) is 0 Å². The number of rotatable bonds is 4. The molecule has 0 aliphatic carbocycles. The molecule has 94 valence electrons. The normalized spacial score (nSPS) is 10.3. The van der Waals surface area contributed by atoms with Crippen LogP contribution < -0.4 is 4.74 Å². The molecule has 2 aromatic heterocycles. The summed E-state index contributed by atoms with van der Waals surface area (Å²) in [5.74, 6) is 1.77. The van der Waals surface area contributed by atoms with Crippen molar-refractivity contribution in [1.29, 1.82) is 0 Å². The minimum Gasteiger partial charge on any atom is -0.485 e. The zero-order chi connectivity index (χ0) is 12.9. The summed E-state index contributed by atoms with van der Waals surface area (Å²) < 4.78 is 5.52. The summed E-state index contributed by atoms with van der Waals surface area (Å²) in [6, 6.07) is 13.4. The smallest absolute Gasteiger partial charge is 0.213 e. The third-order valence-electron chi connectivity index (χ3n) is 2.37. The van der Waals surface area contributed by atoms with E-state index in [1.807, 2.05) is 47.8 Å². The van der Waals surface area contributed by atoms with E-state index in [0.29, 0.717) is 11.6 Å². The number of ether oxygens (including phenoxy) is 1. The highest BCUT2D eigenvalue weighted by atomic mass is 32.1. The molecule has 2 heterocycles. The Hall–Kier alpha value is -2.34. The van der Waals surface area contributed by atoms with E-state index in [4.69, 9.17) is 4.74 Å². The summed E-state index contributed by atoms with van der Waals surface area (Å²) in [6.45, 7) is 0.259. The van der Waals surface area contributed by atoms with E-state index in [9.17, 15) is 0 Å². The van der Waals surface area contributed by atoms with Crippen LogP contribution in [0.3, 0.4) is 0 Å². The van der Waals surface area contributed by atoms with Crippen LogP contribution in [0.1, 0.15) is 5.82 Å². The molecule has 0 atom stereocenters. The molecule has 0 aliphatic rings. The molecular weight excluding hydrogens is 260 g/mol.